The van der Waals surface area contributed by atoms with Gasteiger partial charge in [0, 0.05) is 0 Å². The van der Waals surface area contributed by atoms with E-state index >= 15 is 0 Å². The van der Waals surface area contributed by atoms with Crippen LogP contribution in [0.3, 0.4) is 0 Å². The SMILES string of the molecule is OC(CCc1ccccc1)(c1ccccc1)c1ccccc1. The molecule has 0 saturated carbocycles. The van der Waals surface area contributed by atoms with E-state index in [-0.39, 0.29) is 0 Å². The van der Waals surface area contributed by atoms with Crippen molar-refractivity contribution in [2.24, 2.45) is 0 Å². The molecule has 0 spiro atoms. The van der Waals surface area contributed by atoms with E-state index in [1.807, 2.05) is 78.9 Å². The maximum atomic E-state index is 11.4. The molecule has 0 unspecified atom stereocenters. The Balaban J connectivity index is 1.93. The van der Waals surface area contributed by atoms with Gasteiger partial charge in [0.2, 0.25) is 0 Å². The number of rotatable bonds is 5. The number of benzene rings is 3. The fourth-order valence-corrected chi connectivity index (χ4v) is 2.85. The van der Waals surface area contributed by atoms with Crippen LogP contribution in [0.1, 0.15) is 23.1 Å². The second-order valence-corrected chi connectivity index (χ2v) is 5.58. The highest BCUT2D eigenvalue weighted by Crippen LogP contribution is 2.34. The molecule has 0 aliphatic heterocycles. The fourth-order valence-electron chi connectivity index (χ4n) is 2.85. The van der Waals surface area contributed by atoms with Crippen LogP contribution in [0, 0.1) is 0 Å². The Morgan fingerprint density at radius 2 is 1.00 bits per heavy atom. The van der Waals surface area contributed by atoms with Gasteiger partial charge in [-0.2, -0.15) is 0 Å². The lowest BCUT2D eigenvalue weighted by Crippen LogP contribution is -2.28. The Morgan fingerprint density at radius 1 is 0.591 bits per heavy atom. The summed E-state index contributed by atoms with van der Waals surface area (Å²) >= 11 is 0. The highest BCUT2D eigenvalue weighted by atomic mass is 16.3. The Labute approximate surface area is 131 Å². The van der Waals surface area contributed by atoms with Gasteiger partial charge >= 0.3 is 0 Å². The molecular formula is C21H20O. The van der Waals surface area contributed by atoms with Crippen LogP contribution < -0.4 is 0 Å². The van der Waals surface area contributed by atoms with Gasteiger partial charge in [-0.25, -0.2) is 0 Å². The van der Waals surface area contributed by atoms with Crippen LogP contribution in [-0.4, -0.2) is 5.11 Å². The molecule has 0 aliphatic carbocycles. The molecule has 1 heteroatoms. The minimum atomic E-state index is -0.960. The van der Waals surface area contributed by atoms with Crippen molar-refractivity contribution in [1.29, 1.82) is 0 Å². The van der Waals surface area contributed by atoms with Crippen molar-refractivity contribution in [2.45, 2.75) is 18.4 Å². The average molecular weight is 288 g/mol. The predicted octanol–water partition coefficient (Wildman–Crippen LogP) is 4.56. The summed E-state index contributed by atoms with van der Waals surface area (Å²) in [7, 11) is 0. The van der Waals surface area contributed by atoms with Crippen LogP contribution in [0.25, 0.3) is 0 Å². The first kappa shape index (κ1) is 14.6. The zero-order chi connectivity index (χ0) is 15.3. The van der Waals surface area contributed by atoms with Gasteiger partial charge in [0.15, 0.2) is 0 Å². The standard InChI is InChI=1S/C21H20O/c22-21(19-12-6-2-7-13-19,20-14-8-3-9-15-20)17-16-18-10-4-1-5-11-18/h1-15,22H,16-17H2. The molecule has 0 radical (unpaired) electrons. The summed E-state index contributed by atoms with van der Waals surface area (Å²) in [5.41, 5.74) is 2.17. The molecule has 0 heterocycles. The summed E-state index contributed by atoms with van der Waals surface area (Å²) in [6.07, 6.45) is 1.49. The predicted molar refractivity (Wildman–Crippen MR) is 90.6 cm³/mol. The molecule has 0 saturated heterocycles. The molecule has 3 aromatic rings. The molecule has 0 aromatic heterocycles. The lowest BCUT2D eigenvalue weighted by Gasteiger charge is -2.29. The summed E-state index contributed by atoms with van der Waals surface area (Å²) in [6.45, 7) is 0. The molecule has 0 fully saturated rings. The molecule has 0 aliphatic rings. The highest BCUT2D eigenvalue weighted by Gasteiger charge is 2.30. The molecule has 1 nitrogen and oxygen atoms in total. The van der Waals surface area contributed by atoms with E-state index in [4.69, 9.17) is 0 Å². The Hall–Kier alpha value is -2.38. The van der Waals surface area contributed by atoms with Crippen LogP contribution in [0.4, 0.5) is 0 Å². The Bertz CT molecular complexity index is 650. The molecule has 110 valence electrons. The van der Waals surface area contributed by atoms with Crippen molar-refractivity contribution >= 4 is 0 Å². The topological polar surface area (TPSA) is 20.2 Å². The lowest BCUT2D eigenvalue weighted by atomic mass is 9.82. The van der Waals surface area contributed by atoms with E-state index in [1.165, 1.54) is 5.56 Å². The maximum Gasteiger partial charge on any atom is 0.115 e. The quantitative estimate of drug-likeness (QED) is 0.730. The third kappa shape index (κ3) is 3.10. The van der Waals surface area contributed by atoms with Crippen LogP contribution in [0.2, 0.25) is 0 Å². The van der Waals surface area contributed by atoms with Gasteiger partial charge in [-0.3, -0.25) is 0 Å². The van der Waals surface area contributed by atoms with Crippen molar-refractivity contribution in [1.82, 2.24) is 0 Å². The van der Waals surface area contributed by atoms with Gasteiger partial charge in [-0.15, -0.1) is 0 Å². The maximum absolute atomic E-state index is 11.4. The molecule has 0 atom stereocenters. The first-order valence-corrected chi connectivity index (χ1v) is 7.66. The highest BCUT2D eigenvalue weighted by molar-refractivity contribution is 5.36. The minimum Gasteiger partial charge on any atom is -0.380 e. The Kier molecular flexibility index (Phi) is 4.36. The van der Waals surface area contributed by atoms with Gasteiger partial charge in [-0.1, -0.05) is 91.0 Å². The summed E-state index contributed by atoms with van der Waals surface area (Å²) in [5.74, 6) is 0. The fraction of sp³-hybridized carbons (Fsp3) is 0.143. The molecule has 1 N–H and O–H groups in total. The van der Waals surface area contributed by atoms with Crippen molar-refractivity contribution in [3.8, 4) is 0 Å². The van der Waals surface area contributed by atoms with Crippen LogP contribution in [0.15, 0.2) is 91.0 Å². The molecule has 22 heavy (non-hydrogen) atoms. The van der Waals surface area contributed by atoms with Gasteiger partial charge in [0.1, 0.15) is 5.60 Å². The summed E-state index contributed by atoms with van der Waals surface area (Å²) in [4.78, 5) is 0. The van der Waals surface area contributed by atoms with Crippen molar-refractivity contribution in [3.63, 3.8) is 0 Å². The molecule has 3 aromatic carbocycles. The third-order valence-corrected chi connectivity index (χ3v) is 4.12. The van der Waals surface area contributed by atoms with Crippen molar-refractivity contribution in [2.75, 3.05) is 0 Å². The van der Waals surface area contributed by atoms with Crippen LogP contribution in [0.5, 0.6) is 0 Å². The van der Waals surface area contributed by atoms with E-state index < -0.39 is 5.60 Å². The molecule has 0 bridgehead atoms. The Morgan fingerprint density at radius 3 is 1.45 bits per heavy atom. The van der Waals surface area contributed by atoms with Crippen LogP contribution in [-0.2, 0) is 12.0 Å². The largest absolute Gasteiger partial charge is 0.380 e. The van der Waals surface area contributed by atoms with E-state index in [2.05, 4.69) is 12.1 Å². The molecule has 0 amide bonds. The number of hydrogen-bond donors (Lipinski definition) is 1. The van der Waals surface area contributed by atoms with E-state index in [1.54, 1.807) is 0 Å². The minimum absolute atomic E-state index is 0.658. The second-order valence-electron chi connectivity index (χ2n) is 5.58. The van der Waals surface area contributed by atoms with Crippen molar-refractivity contribution in [3.05, 3.63) is 108 Å². The smallest absolute Gasteiger partial charge is 0.115 e. The van der Waals surface area contributed by atoms with Gasteiger partial charge in [0.25, 0.3) is 0 Å². The summed E-state index contributed by atoms with van der Waals surface area (Å²) in [5, 5.41) is 11.4. The average Bonchev–Trinajstić information content (AvgIpc) is 2.62. The number of aryl methyl sites for hydroxylation is 1. The monoisotopic (exact) mass is 288 g/mol. The van der Waals surface area contributed by atoms with Crippen LogP contribution >= 0.6 is 0 Å². The van der Waals surface area contributed by atoms with Gasteiger partial charge < -0.3 is 5.11 Å². The lowest BCUT2D eigenvalue weighted by molar-refractivity contribution is 0.0713. The summed E-state index contributed by atoms with van der Waals surface area (Å²) < 4.78 is 0. The number of hydrogen-bond acceptors (Lipinski definition) is 1. The van der Waals surface area contributed by atoms with E-state index in [0.29, 0.717) is 6.42 Å². The summed E-state index contributed by atoms with van der Waals surface area (Å²) in [6, 6.07) is 30.2. The van der Waals surface area contributed by atoms with Gasteiger partial charge in [0.05, 0.1) is 0 Å². The third-order valence-electron chi connectivity index (χ3n) is 4.12. The van der Waals surface area contributed by atoms with Crippen molar-refractivity contribution < 1.29 is 5.11 Å². The number of aliphatic hydroxyl groups is 1. The van der Waals surface area contributed by atoms with E-state index in [9.17, 15) is 5.11 Å². The zero-order valence-electron chi connectivity index (χ0n) is 12.5. The first-order chi connectivity index (χ1) is 10.8. The van der Waals surface area contributed by atoms with Gasteiger partial charge in [-0.05, 0) is 29.5 Å². The normalized spacial score (nSPS) is 11.3. The zero-order valence-corrected chi connectivity index (χ0v) is 12.5. The molecule has 3 rings (SSSR count). The second kappa shape index (κ2) is 6.59. The van der Waals surface area contributed by atoms with E-state index in [0.717, 1.165) is 17.5 Å². The first-order valence-electron chi connectivity index (χ1n) is 7.66. The molecular weight excluding hydrogens is 268 g/mol.